The lowest BCUT2D eigenvalue weighted by Gasteiger charge is -2.34. The molecule has 1 amide bonds. The standard InChI is InChI=1S/C19H23N3O3/c20-12-19(7-9-24-10-8-19)18(23)22-15-5-3-13(4-6-15)16-11-21-17(25-16)14-1-2-14/h3-6,11,14H,1-2,7-10,12,20H2,(H,22,23). The van der Waals surface area contributed by atoms with Crippen LogP contribution in [0.1, 0.15) is 37.5 Å². The Bertz CT molecular complexity index is 744. The van der Waals surface area contributed by atoms with Gasteiger partial charge in [-0.25, -0.2) is 4.98 Å². The molecule has 1 aliphatic carbocycles. The predicted molar refractivity (Wildman–Crippen MR) is 94.1 cm³/mol. The summed E-state index contributed by atoms with van der Waals surface area (Å²) in [5.41, 5.74) is 7.08. The number of carbonyl (C=O) groups is 1. The van der Waals surface area contributed by atoms with Crippen LogP contribution in [0.3, 0.4) is 0 Å². The lowest BCUT2D eigenvalue weighted by atomic mass is 9.79. The Hall–Kier alpha value is -2.18. The van der Waals surface area contributed by atoms with Gasteiger partial charge in [-0.15, -0.1) is 0 Å². The zero-order chi connectivity index (χ0) is 17.3. The summed E-state index contributed by atoms with van der Waals surface area (Å²) in [6.45, 7) is 1.50. The fourth-order valence-corrected chi connectivity index (χ4v) is 3.21. The normalized spacial score (nSPS) is 19.6. The van der Waals surface area contributed by atoms with Crippen LogP contribution in [0.2, 0.25) is 0 Å². The molecule has 2 aliphatic rings. The lowest BCUT2D eigenvalue weighted by Crippen LogP contribution is -2.46. The fourth-order valence-electron chi connectivity index (χ4n) is 3.21. The van der Waals surface area contributed by atoms with Crippen LogP contribution in [0.15, 0.2) is 34.9 Å². The molecular weight excluding hydrogens is 318 g/mol. The first kappa shape index (κ1) is 16.3. The molecule has 25 heavy (non-hydrogen) atoms. The molecule has 0 radical (unpaired) electrons. The van der Waals surface area contributed by atoms with E-state index in [2.05, 4.69) is 10.3 Å². The van der Waals surface area contributed by atoms with Crippen molar-refractivity contribution in [2.75, 3.05) is 25.1 Å². The molecule has 1 aliphatic heterocycles. The number of rotatable bonds is 5. The molecule has 1 aromatic carbocycles. The molecule has 2 heterocycles. The Labute approximate surface area is 146 Å². The van der Waals surface area contributed by atoms with Gasteiger partial charge in [-0.3, -0.25) is 4.79 Å². The number of amides is 1. The van der Waals surface area contributed by atoms with Crippen LogP contribution in [-0.4, -0.2) is 30.6 Å². The Morgan fingerprint density at radius 2 is 1.96 bits per heavy atom. The number of nitrogens with zero attached hydrogens (tertiary/aromatic N) is 1. The molecule has 0 bridgehead atoms. The number of hydrogen-bond acceptors (Lipinski definition) is 5. The summed E-state index contributed by atoms with van der Waals surface area (Å²) < 4.78 is 11.2. The average molecular weight is 341 g/mol. The topological polar surface area (TPSA) is 90.4 Å². The van der Waals surface area contributed by atoms with Crippen molar-refractivity contribution in [1.82, 2.24) is 4.98 Å². The highest BCUT2D eigenvalue weighted by Crippen LogP contribution is 2.40. The second kappa shape index (κ2) is 6.61. The van der Waals surface area contributed by atoms with Gasteiger partial charge in [0.2, 0.25) is 5.91 Å². The van der Waals surface area contributed by atoms with E-state index in [0.717, 1.165) is 22.9 Å². The van der Waals surface area contributed by atoms with Gasteiger partial charge in [0.05, 0.1) is 11.6 Å². The van der Waals surface area contributed by atoms with Crippen molar-refractivity contribution >= 4 is 11.6 Å². The number of hydrogen-bond donors (Lipinski definition) is 2. The summed E-state index contributed by atoms with van der Waals surface area (Å²) in [5, 5.41) is 2.99. The predicted octanol–water partition coefficient (Wildman–Crippen LogP) is 2.91. The first-order valence-corrected chi connectivity index (χ1v) is 8.86. The highest BCUT2D eigenvalue weighted by Gasteiger charge is 2.38. The molecule has 2 aromatic rings. The van der Waals surface area contributed by atoms with E-state index in [1.165, 1.54) is 12.8 Å². The molecule has 1 saturated heterocycles. The van der Waals surface area contributed by atoms with Gasteiger partial charge in [0.1, 0.15) is 0 Å². The van der Waals surface area contributed by atoms with Crippen molar-refractivity contribution in [3.8, 4) is 11.3 Å². The van der Waals surface area contributed by atoms with E-state index in [0.29, 0.717) is 38.5 Å². The molecular formula is C19H23N3O3. The van der Waals surface area contributed by atoms with E-state index in [1.807, 2.05) is 24.3 Å². The summed E-state index contributed by atoms with van der Waals surface area (Å²) in [5.74, 6) is 2.07. The second-order valence-electron chi connectivity index (χ2n) is 6.97. The summed E-state index contributed by atoms with van der Waals surface area (Å²) in [6.07, 6.45) is 5.43. The van der Waals surface area contributed by atoms with E-state index in [1.54, 1.807) is 6.20 Å². The highest BCUT2D eigenvalue weighted by atomic mass is 16.5. The third-order valence-electron chi connectivity index (χ3n) is 5.20. The monoisotopic (exact) mass is 341 g/mol. The van der Waals surface area contributed by atoms with Gasteiger partial charge in [-0.2, -0.15) is 0 Å². The summed E-state index contributed by atoms with van der Waals surface area (Å²) in [4.78, 5) is 17.0. The number of ether oxygens (including phenoxy) is 1. The van der Waals surface area contributed by atoms with Crippen LogP contribution >= 0.6 is 0 Å². The first-order valence-electron chi connectivity index (χ1n) is 8.86. The number of nitrogens with two attached hydrogens (primary N) is 1. The molecule has 0 spiro atoms. The van der Waals surface area contributed by atoms with E-state index >= 15 is 0 Å². The second-order valence-corrected chi connectivity index (χ2v) is 6.97. The maximum absolute atomic E-state index is 12.7. The minimum absolute atomic E-state index is 0.0262. The van der Waals surface area contributed by atoms with E-state index in [9.17, 15) is 4.79 Å². The first-order chi connectivity index (χ1) is 12.2. The van der Waals surface area contributed by atoms with Gasteiger partial charge in [0.25, 0.3) is 0 Å². The number of oxazole rings is 1. The summed E-state index contributed by atoms with van der Waals surface area (Å²) in [6, 6.07) is 7.64. The van der Waals surface area contributed by atoms with Crippen LogP contribution in [0.25, 0.3) is 11.3 Å². The smallest absolute Gasteiger partial charge is 0.232 e. The van der Waals surface area contributed by atoms with E-state index in [-0.39, 0.29) is 5.91 Å². The SMILES string of the molecule is NCC1(C(=O)Nc2ccc(-c3cnc(C4CC4)o3)cc2)CCOCC1. The molecule has 6 nitrogen and oxygen atoms in total. The fraction of sp³-hybridized carbons (Fsp3) is 0.474. The maximum atomic E-state index is 12.7. The Balaban J connectivity index is 1.45. The van der Waals surface area contributed by atoms with Crippen molar-refractivity contribution in [2.45, 2.75) is 31.6 Å². The van der Waals surface area contributed by atoms with Crippen molar-refractivity contribution in [1.29, 1.82) is 0 Å². The Morgan fingerprint density at radius 1 is 1.24 bits per heavy atom. The zero-order valence-electron chi connectivity index (χ0n) is 14.2. The van der Waals surface area contributed by atoms with Crippen molar-refractivity contribution in [3.63, 3.8) is 0 Å². The Morgan fingerprint density at radius 3 is 2.60 bits per heavy atom. The molecule has 0 atom stereocenters. The summed E-state index contributed by atoms with van der Waals surface area (Å²) >= 11 is 0. The van der Waals surface area contributed by atoms with Gasteiger partial charge in [-0.05, 0) is 49.9 Å². The number of nitrogens with one attached hydrogen (secondary N) is 1. The minimum Gasteiger partial charge on any atom is -0.440 e. The number of aromatic nitrogens is 1. The quantitative estimate of drug-likeness (QED) is 0.872. The van der Waals surface area contributed by atoms with Crippen LogP contribution in [0.5, 0.6) is 0 Å². The van der Waals surface area contributed by atoms with Crippen molar-refractivity contribution < 1.29 is 13.9 Å². The molecule has 3 N–H and O–H groups in total. The van der Waals surface area contributed by atoms with Gasteiger partial charge < -0.3 is 20.2 Å². The molecule has 1 aromatic heterocycles. The highest BCUT2D eigenvalue weighted by molar-refractivity contribution is 5.95. The van der Waals surface area contributed by atoms with Gasteiger partial charge in [-0.1, -0.05) is 0 Å². The van der Waals surface area contributed by atoms with Crippen LogP contribution in [0, 0.1) is 5.41 Å². The minimum atomic E-state index is -0.527. The summed E-state index contributed by atoms with van der Waals surface area (Å²) in [7, 11) is 0. The van der Waals surface area contributed by atoms with E-state index < -0.39 is 5.41 Å². The van der Waals surface area contributed by atoms with E-state index in [4.69, 9.17) is 14.9 Å². The van der Waals surface area contributed by atoms with Gasteiger partial charge >= 0.3 is 0 Å². The van der Waals surface area contributed by atoms with Crippen LogP contribution < -0.4 is 11.1 Å². The van der Waals surface area contributed by atoms with Crippen LogP contribution in [-0.2, 0) is 9.53 Å². The van der Waals surface area contributed by atoms with Crippen molar-refractivity contribution in [3.05, 3.63) is 36.4 Å². The van der Waals surface area contributed by atoms with Gasteiger partial charge in [0, 0.05) is 36.9 Å². The molecule has 4 rings (SSSR count). The molecule has 132 valence electrons. The number of carbonyl (C=O) groups excluding carboxylic acids is 1. The third kappa shape index (κ3) is 3.32. The molecule has 1 saturated carbocycles. The lowest BCUT2D eigenvalue weighted by molar-refractivity contribution is -0.130. The number of anilines is 1. The third-order valence-corrected chi connectivity index (χ3v) is 5.20. The maximum Gasteiger partial charge on any atom is 0.232 e. The molecule has 2 fully saturated rings. The zero-order valence-corrected chi connectivity index (χ0v) is 14.2. The van der Waals surface area contributed by atoms with Crippen molar-refractivity contribution in [2.24, 2.45) is 11.1 Å². The Kier molecular flexibility index (Phi) is 4.31. The largest absolute Gasteiger partial charge is 0.440 e. The van der Waals surface area contributed by atoms with Crippen LogP contribution in [0.4, 0.5) is 5.69 Å². The number of benzene rings is 1. The van der Waals surface area contributed by atoms with Gasteiger partial charge in [0.15, 0.2) is 11.7 Å². The molecule has 6 heteroatoms. The molecule has 0 unspecified atom stereocenters. The average Bonchev–Trinajstić information content (AvgIpc) is 3.40.